The Bertz CT molecular complexity index is 147. The molecule has 3 heteroatoms. The van der Waals surface area contributed by atoms with Crippen LogP contribution in [0.4, 0.5) is 0 Å². The standard InChI is InChI=1S/C17H37NO2/c1-2-3-14-19-15-10-8-6-4-5-7-9-11-16-20-17-12-13-18/h2-18H2,1H3. The molecule has 2 N–H and O–H groups in total. The maximum absolute atomic E-state index is 5.55. The normalized spacial score (nSPS) is 11.1. The molecule has 0 spiro atoms. The van der Waals surface area contributed by atoms with Crippen molar-refractivity contribution in [1.29, 1.82) is 0 Å². The van der Waals surface area contributed by atoms with E-state index in [9.17, 15) is 0 Å². The summed E-state index contributed by atoms with van der Waals surface area (Å²) in [5.74, 6) is 0. The Kier molecular flexibility index (Phi) is 18.8. The van der Waals surface area contributed by atoms with Gasteiger partial charge in [0.15, 0.2) is 0 Å². The number of nitrogens with two attached hydrogens (primary N) is 1. The van der Waals surface area contributed by atoms with Crippen molar-refractivity contribution in [2.75, 3.05) is 33.0 Å². The largest absolute Gasteiger partial charge is 0.381 e. The van der Waals surface area contributed by atoms with Crippen molar-refractivity contribution >= 4 is 0 Å². The van der Waals surface area contributed by atoms with Crippen molar-refractivity contribution in [3.05, 3.63) is 0 Å². The van der Waals surface area contributed by atoms with Gasteiger partial charge in [-0.2, -0.15) is 0 Å². The van der Waals surface area contributed by atoms with Gasteiger partial charge in [-0.1, -0.05) is 51.9 Å². The maximum Gasteiger partial charge on any atom is 0.0478 e. The van der Waals surface area contributed by atoms with Crippen molar-refractivity contribution in [2.45, 2.75) is 77.6 Å². The van der Waals surface area contributed by atoms with Crippen LogP contribution in [0.3, 0.4) is 0 Å². The van der Waals surface area contributed by atoms with Crippen molar-refractivity contribution < 1.29 is 9.47 Å². The smallest absolute Gasteiger partial charge is 0.0478 e. The van der Waals surface area contributed by atoms with Crippen LogP contribution in [0.15, 0.2) is 0 Å². The van der Waals surface area contributed by atoms with Gasteiger partial charge in [-0.15, -0.1) is 0 Å². The molecule has 0 amide bonds. The second-order valence-electron chi connectivity index (χ2n) is 5.55. The van der Waals surface area contributed by atoms with Gasteiger partial charge in [-0.05, 0) is 32.2 Å². The SMILES string of the molecule is CCCCOCCCCCCCCCCOCCCN. The highest BCUT2D eigenvalue weighted by molar-refractivity contribution is 4.47. The second kappa shape index (κ2) is 18.9. The van der Waals surface area contributed by atoms with E-state index in [1.54, 1.807) is 0 Å². The molecule has 0 aromatic carbocycles. The molecule has 0 heterocycles. The zero-order valence-corrected chi connectivity index (χ0v) is 13.7. The molecular formula is C17H37NO2. The first-order valence-corrected chi connectivity index (χ1v) is 8.77. The summed E-state index contributed by atoms with van der Waals surface area (Å²) in [5.41, 5.74) is 5.40. The molecule has 0 aromatic heterocycles. The van der Waals surface area contributed by atoms with Crippen LogP contribution in [0, 0.1) is 0 Å². The Morgan fingerprint density at radius 3 is 1.40 bits per heavy atom. The minimum absolute atomic E-state index is 0.740. The lowest BCUT2D eigenvalue weighted by Gasteiger charge is -2.04. The van der Waals surface area contributed by atoms with Crippen LogP contribution >= 0.6 is 0 Å². The molecule has 20 heavy (non-hydrogen) atoms. The van der Waals surface area contributed by atoms with E-state index in [1.165, 1.54) is 64.2 Å². The van der Waals surface area contributed by atoms with Crippen LogP contribution in [0.25, 0.3) is 0 Å². The quantitative estimate of drug-likeness (QED) is 0.406. The van der Waals surface area contributed by atoms with Crippen molar-refractivity contribution in [3.63, 3.8) is 0 Å². The summed E-state index contributed by atoms with van der Waals surface area (Å²) in [5, 5.41) is 0. The molecule has 0 atom stereocenters. The number of rotatable bonds is 17. The van der Waals surface area contributed by atoms with E-state index >= 15 is 0 Å². The molecule has 3 nitrogen and oxygen atoms in total. The lowest BCUT2D eigenvalue weighted by Crippen LogP contribution is -2.04. The minimum Gasteiger partial charge on any atom is -0.381 e. The summed E-state index contributed by atoms with van der Waals surface area (Å²) in [7, 11) is 0. The van der Waals surface area contributed by atoms with E-state index in [1.807, 2.05) is 0 Å². The molecule has 0 rings (SSSR count). The van der Waals surface area contributed by atoms with Crippen LogP contribution in [0.2, 0.25) is 0 Å². The number of unbranched alkanes of at least 4 members (excludes halogenated alkanes) is 8. The number of ether oxygens (including phenoxy) is 2. The third-order valence-corrected chi connectivity index (χ3v) is 3.46. The highest BCUT2D eigenvalue weighted by Crippen LogP contribution is 2.08. The summed E-state index contributed by atoms with van der Waals surface area (Å²) >= 11 is 0. The molecule has 0 aliphatic rings. The van der Waals surface area contributed by atoms with Gasteiger partial charge in [0.1, 0.15) is 0 Å². The first-order chi connectivity index (χ1) is 9.91. The third-order valence-electron chi connectivity index (χ3n) is 3.46. The van der Waals surface area contributed by atoms with Gasteiger partial charge < -0.3 is 15.2 Å². The summed E-state index contributed by atoms with van der Waals surface area (Å²) in [6.45, 7) is 6.59. The molecule has 122 valence electrons. The zero-order valence-electron chi connectivity index (χ0n) is 13.7. The Balaban J connectivity index is 2.89. The summed E-state index contributed by atoms with van der Waals surface area (Å²) in [6.07, 6.45) is 14.0. The summed E-state index contributed by atoms with van der Waals surface area (Å²) in [6, 6.07) is 0. The predicted molar refractivity (Wildman–Crippen MR) is 87.2 cm³/mol. The highest BCUT2D eigenvalue weighted by Gasteiger charge is 1.94. The van der Waals surface area contributed by atoms with E-state index < -0.39 is 0 Å². The van der Waals surface area contributed by atoms with Gasteiger partial charge in [0.05, 0.1) is 0 Å². The van der Waals surface area contributed by atoms with Crippen LogP contribution < -0.4 is 5.73 Å². The van der Waals surface area contributed by atoms with E-state index in [4.69, 9.17) is 15.2 Å². The second-order valence-corrected chi connectivity index (χ2v) is 5.55. The average molecular weight is 287 g/mol. The fourth-order valence-corrected chi connectivity index (χ4v) is 2.10. The Labute approximate surface area is 126 Å². The fourth-order valence-electron chi connectivity index (χ4n) is 2.10. The topological polar surface area (TPSA) is 44.5 Å². The molecule has 0 saturated heterocycles. The lowest BCUT2D eigenvalue weighted by atomic mass is 10.1. The Morgan fingerprint density at radius 1 is 0.550 bits per heavy atom. The van der Waals surface area contributed by atoms with Gasteiger partial charge in [0, 0.05) is 26.4 Å². The average Bonchev–Trinajstić information content (AvgIpc) is 2.47. The Morgan fingerprint density at radius 2 is 0.950 bits per heavy atom. The number of hydrogen-bond donors (Lipinski definition) is 1. The van der Waals surface area contributed by atoms with E-state index in [0.29, 0.717) is 0 Å². The van der Waals surface area contributed by atoms with Crippen molar-refractivity contribution in [3.8, 4) is 0 Å². The number of hydrogen-bond acceptors (Lipinski definition) is 3. The van der Waals surface area contributed by atoms with Crippen LogP contribution in [0.1, 0.15) is 77.6 Å². The third kappa shape index (κ3) is 17.9. The van der Waals surface area contributed by atoms with Gasteiger partial charge in [0.25, 0.3) is 0 Å². The predicted octanol–water partition coefficient (Wildman–Crippen LogP) is 4.29. The first-order valence-electron chi connectivity index (χ1n) is 8.77. The van der Waals surface area contributed by atoms with Crippen molar-refractivity contribution in [2.24, 2.45) is 5.73 Å². The fraction of sp³-hybridized carbons (Fsp3) is 1.00. The molecular weight excluding hydrogens is 250 g/mol. The molecule has 0 bridgehead atoms. The van der Waals surface area contributed by atoms with Gasteiger partial charge in [-0.25, -0.2) is 0 Å². The molecule has 0 aromatic rings. The maximum atomic E-state index is 5.55. The highest BCUT2D eigenvalue weighted by atomic mass is 16.5. The molecule has 0 saturated carbocycles. The summed E-state index contributed by atoms with van der Waals surface area (Å²) in [4.78, 5) is 0. The minimum atomic E-state index is 0.740. The van der Waals surface area contributed by atoms with Crippen LogP contribution in [-0.2, 0) is 9.47 Å². The zero-order chi connectivity index (χ0) is 14.7. The monoisotopic (exact) mass is 287 g/mol. The van der Waals surface area contributed by atoms with Crippen LogP contribution in [-0.4, -0.2) is 33.0 Å². The molecule has 0 radical (unpaired) electrons. The van der Waals surface area contributed by atoms with E-state index in [0.717, 1.165) is 39.4 Å². The Hall–Kier alpha value is -0.120. The van der Waals surface area contributed by atoms with Gasteiger partial charge in [-0.3, -0.25) is 0 Å². The van der Waals surface area contributed by atoms with Gasteiger partial charge >= 0.3 is 0 Å². The molecule has 0 aliphatic carbocycles. The summed E-state index contributed by atoms with van der Waals surface area (Å²) < 4.78 is 11.0. The lowest BCUT2D eigenvalue weighted by molar-refractivity contribution is 0.126. The molecule has 0 unspecified atom stereocenters. The van der Waals surface area contributed by atoms with E-state index in [-0.39, 0.29) is 0 Å². The van der Waals surface area contributed by atoms with Crippen LogP contribution in [0.5, 0.6) is 0 Å². The molecule has 0 aliphatic heterocycles. The van der Waals surface area contributed by atoms with E-state index in [2.05, 4.69) is 6.92 Å². The molecule has 0 fully saturated rings. The van der Waals surface area contributed by atoms with Gasteiger partial charge in [0.2, 0.25) is 0 Å². The first kappa shape index (κ1) is 19.9. The van der Waals surface area contributed by atoms with Crippen molar-refractivity contribution in [1.82, 2.24) is 0 Å².